The zero-order valence-electron chi connectivity index (χ0n) is 20.7. The Hall–Kier alpha value is -3.82. The average molecular weight is 496 g/mol. The molecule has 1 aliphatic rings. The van der Waals surface area contributed by atoms with Crippen molar-refractivity contribution in [2.24, 2.45) is 0 Å². The highest BCUT2D eigenvalue weighted by Gasteiger charge is 2.40. The van der Waals surface area contributed by atoms with E-state index in [9.17, 15) is 14.9 Å². The van der Waals surface area contributed by atoms with Gasteiger partial charge in [0.1, 0.15) is 16.7 Å². The summed E-state index contributed by atoms with van der Waals surface area (Å²) in [6.07, 6.45) is 2.34. The van der Waals surface area contributed by atoms with E-state index in [2.05, 4.69) is 37.4 Å². The van der Waals surface area contributed by atoms with E-state index >= 15 is 0 Å². The Balaban J connectivity index is 1.71. The van der Waals surface area contributed by atoms with Gasteiger partial charge in [0.05, 0.1) is 5.25 Å². The van der Waals surface area contributed by atoms with Gasteiger partial charge in [-0.25, -0.2) is 0 Å². The molecule has 1 aliphatic heterocycles. The molecule has 0 spiro atoms. The van der Waals surface area contributed by atoms with Crippen LogP contribution in [0.25, 0.3) is 0 Å². The first-order valence-electron chi connectivity index (χ1n) is 12.1. The zero-order valence-corrected chi connectivity index (χ0v) is 21.6. The van der Waals surface area contributed by atoms with Crippen molar-refractivity contribution in [2.75, 3.05) is 10.2 Å². The van der Waals surface area contributed by atoms with E-state index in [-0.39, 0.29) is 11.5 Å². The molecule has 1 N–H and O–H groups in total. The summed E-state index contributed by atoms with van der Waals surface area (Å²) in [4.78, 5) is 28.4. The minimum absolute atomic E-state index is 0.0711. The Morgan fingerprint density at radius 1 is 0.972 bits per heavy atom. The Morgan fingerprint density at radius 2 is 1.58 bits per heavy atom. The SMILES string of the molecule is CCc1ccc(CC2S/C(=C(/C#N)C(=O)Nc3cccc(C)c3)N(c3ccc(CC)cc3)C2=O)cc1. The molecule has 0 bridgehead atoms. The van der Waals surface area contributed by atoms with Gasteiger partial charge in [0, 0.05) is 11.4 Å². The number of nitriles is 1. The number of hydrogen-bond acceptors (Lipinski definition) is 4. The third-order valence-electron chi connectivity index (χ3n) is 6.24. The summed E-state index contributed by atoms with van der Waals surface area (Å²) in [6.45, 7) is 6.11. The fraction of sp³-hybridized carbons (Fsp3) is 0.233. The molecular weight excluding hydrogens is 466 g/mol. The summed E-state index contributed by atoms with van der Waals surface area (Å²) in [6, 6.07) is 25.4. The molecule has 1 saturated heterocycles. The lowest BCUT2D eigenvalue weighted by molar-refractivity contribution is -0.117. The van der Waals surface area contributed by atoms with E-state index in [1.54, 1.807) is 6.07 Å². The van der Waals surface area contributed by atoms with Crippen molar-refractivity contribution in [1.82, 2.24) is 0 Å². The molecule has 6 heteroatoms. The van der Waals surface area contributed by atoms with Crippen LogP contribution in [-0.2, 0) is 28.9 Å². The molecule has 2 amide bonds. The molecule has 0 radical (unpaired) electrons. The maximum atomic E-state index is 13.7. The molecular formula is C30H29N3O2S. The highest BCUT2D eigenvalue weighted by Crippen LogP contribution is 2.42. The lowest BCUT2D eigenvalue weighted by atomic mass is 10.1. The molecule has 0 aromatic heterocycles. The highest BCUT2D eigenvalue weighted by molar-refractivity contribution is 8.05. The minimum atomic E-state index is -0.526. The molecule has 182 valence electrons. The highest BCUT2D eigenvalue weighted by atomic mass is 32.2. The van der Waals surface area contributed by atoms with Crippen LogP contribution in [0.4, 0.5) is 11.4 Å². The summed E-state index contributed by atoms with van der Waals surface area (Å²) < 4.78 is 0. The number of nitrogens with one attached hydrogen (secondary N) is 1. The van der Waals surface area contributed by atoms with Gasteiger partial charge in [-0.15, -0.1) is 0 Å². The first kappa shape index (κ1) is 25.3. The van der Waals surface area contributed by atoms with Crippen molar-refractivity contribution in [3.8, 4) is 6.07 Å². The molecule has 3 aromatic carbocycles. The second kappa shape index (κ2) is 11.3. The molecule has 1 fully saturated rings. The quantitative estimate of drug-likeness (QED) is 0.314. The normalized spacial score (nSPS) is 16.6. The van der Waals surface area contributed by atoms with Gasteiger partial charge < -0.3 is 5.32 Å². The van der Waals surface area contributed by atoms with Crippen molar-refractivity contribution in [3.63, 3.8) is 0 Å². The predicted octanol–water partition coefficient (Wildman–Crippen LogP) is 6.18. The van der Waals surface area contributed by atoms with Crippen LogP contribution in [0.1, 0.15) is 36.1 Å². The molecule has 4 rings (SSSR count). The lowest BCUT2D eigenvalue weighted by Crippen LogP contribution is -2.31. The molecule has 3 aromatic rings. The molecule has 1 heterocycles. The molecule has 1 atom stereocenters. The van der Waals surface area contributed by atoms with Crippen molar-refractivity contribution in [3.05, 3.63) is 106 Å². The van der Waals surface area contributed by atoms with Crippen molar-refractivity contribution in [1.29, 1.82) is 5.26 Å². The minimum Gasteiger partial charge on any atom is -0.321 e. The van der Waals surface area contributed by atoms with E-state index in [4.69, 9.17) is 0 Å². The maximum absolute atomic E-state index is 13.7. The van der Waals surface area contributed by atoms with E-state index < -0.39 is 11.2 Å². The van der Waals surface area contributed by atoms with Gasteiger partial charge in [-0.05, 0) is 72.7 Å². The molecule has 1 unspecified atom stereocenters. The van der Waals surface area contributed by atoms with Gasteiger partial charge in [-0.1, -0.05) is 74.1 Å². The maximum Gasteiger partial charge on any atom is 0.269 e. The Morgan fingerprint density at radius 3 is 2.17 bits per heavy atom. The van der Waals surface area contributed by atoms with Gasteiger partial charge in [-0.3, -0.25) is 14.5 Å². The summed E-state index contributed by atoms with van der Waals surface area (Å²) in [7, 11) is 0. The van der Waals surface area contributed by atoms with Crippen LogP contribution in [-0.4, -0.2) is 17.1 Å². The number of hydrogen-bond donors (Lipinski definition) is 1. The monoisotopic (exact) mass is 495 g/mol. The number of thioether (sulfide) groups is 1. The van der Waals surface area contributed by atoms with E-state index in [1.807, 2.05) is 61.5 Å². The number of carbonyl (C=O) groups is 2. The van der Waals surface area contributed by atoms with Crippen LogP contribution < -0.4 is 10.2 Å². The van der Waals surface area contributed by atoms with Crippen molar-refractivity contribution >= 4 is 35.0 Å². The van der Waals surface area contributed by atoms with Crippen LogP contribution in [0.15, 0.2) is 83.4 Å². The number of nitrogens with zero attached hydrogens (tertiary/aromatic N) is 2. The van der Waals surface area contributed by atoms with Gasteiger partial charge in [0.25, 0.3) is 5.91 Å². The Kier molecular flexibility index (Phi) is 7.92. The fourth-order valence-corrected chi connectivity index (χ4v) is 5.45. The van der Waals surface area contributed by atoms with E-state index in [0.717, 1.165) is 29.5 Å². The van der Waals surface area contributed by atoms with E-state index in [1.165, 1.54) is 22.2 Å². The number of aryl methyl sites for hydroxylation is 3. The lowest BCUT2D eigenvalue weighted by Gasteiger charge is -2.19. The number of anilines is 2. The van der Waals surface area contributed by atoms with Crippen molar-refractivity contribution in [2.45, 2.75) is 45.3 Å². The fourth-order valence-electron chi connectivity index (χ4n) is 4.14. The molecule has 36 heavy (non-hydrogen) atoms. The van der Waals surface area contributed by atoms with Crippen LogP contribution in [0, 0.1) is 18.3 Å². The van der Waals surface area contributed by atoms with Gasteiger partial charge in [-0.2, -0.15) is 5.26 Å². The van der Waals surface area contributed by atoms with Gasteiger partial charge in [0.2, 0.25) is 5.91 Å². The number of rotatable bonds is 7. The molecule has 0 aliphatic carbocycles. The molecule has 5 nitrogen and oxygen atoms in total. The van der Waals surface area contributed by atoms with Crippen molar-refractivity contribution < 1.29 is 9.59 Å². The standard InChI is InChI=1S/C30H29N3O2S/c1-4-21-9-11-23(12-10-21)18-27-29(35)33(25-15-13-22(5-2)14-16-25)30(36-27)26(19-31)28(34)32-24-8-6-7-20(3)17-24/h6-17,27H,4-5,18H2,1-3H3,(H,32,34)/b30-26-. The van der Waals surface area contributed by atoms with E-state index in [0.29, 0.717) is 22.8 Å². The summed E-state index contributed by atoms with van der Waals surface area (Å²) in [5, 5.41) is 12.8. The average Bonchev–Trinajstić information content (AvgIpc) is 3.20. The smallest absolute Gasteiger partial charge is 0.269 e. The van der Waals surface area contributed by atoms with Gasteiger partial charge >= 0.3 is 0 Å². The third-order valence-corrected chi connectivity index (χ3v) is 7.50. The van der Waals surface area contributed by atoms with Crippen LogP contribution in [0.3, 0.4) is 0 Å². The number of carbonyl (C=O) groups excluding carboxylic acids is 2. The Bertz CT molecular complexity index is 1340. The predicted molar refractivity (Wildman–Crippen MR) is 147 cm³/mol. The first-order valence-corrected chi connectivity index (χ1v) is 13.0. The third kappa shape index (κ3) is 5.53. The number of amides is 2. The summed E-state index contributed by atoms with van der Waals surface area (Å²) in [5.41, 5.74) is 5.61. The largest absolute Gasteiger partial charge is 0.321 e. The summed E-state index contributed by atoms with van der Waals surface area (Å²) in [5.74, 6) is -0.656. The first-order chi connectivity index (χ1) is 17.4. The van der Waals surface area contributed by atoms with Crippen LogP contribution >= 0.6 is 11.8 Å². The van der Waals surface area contributed by atoms with Crippen LogP contribution in [0.5, 0.6) is 0 Å². The topological polar surface area (TPSA) is 73.2 Å². The Labute approximate surface area is 216 Å². The second-order valence-electron chi connectivity index (χ2n) is 8.79. The summed E-state index contributed by atoms with van der Waals surface area (Å²) >= 11 is 1.28. The second-order valence-corrected chi connectivity index (χ2v) is 9.98. The molecule has 0 saturated carbocycles. The zero-order chi connectivity index (χ0) is 25.7. The number of benzene rings is 3. The van der Waals surface area contributed by atoms with Crippen LogP contribution in [0.2, 0.25) is 0 Å². The van der Waals surface area contributed by atoms with Gasteiger partial charge in [0.15, 0.2) is 0 Å².